The second-order valence-corrected chi connectivity index (χ2v) is 4.62. The number of aliphatic hydroxyl groups is 1. The molecule has 0 saturated carbocycles. The predicted molar refractivity (Wildman–Crippen MR) is 49.0 cm³/mol. The fourth-order valence-electron chi connectivity index (χ4n) is 3.14. The fraction of sp³-hybridized carbons (Fsp3) is 1.00. The Kier molecular flexibility index (Phi) is 1.92. The van der Waals surface area contributed by atoms with Gasteiger partial charge in [-0.25, -0.2) is 0 Å². The molecule has 0 aromatic rings. The van der Waals surface area contributed by atoms with Gasteiger partial charge in [-0.05, 0) is 32.6 Å². The molecular weight excluding hydrogens is 150 g/mol. The van der Waals surface area contributed by atoms with Gasteiger partial charge in [-0.1, -0.05) is 6.92 Å². The van der Waals surface area contributed by atoms with Crippen molar-refractivity contribution in [2.75, 3.05) is 0 Å². The van der Waals surface area contributed by atoms with E-state index in [2.05, 4.69) is 12.2 Å². The molecule has 2 aliphatic heterocycles. The summed E-state index contributed by atoms with van der Waals surface area (Å²) in [5.41, 5.74) is -0.411. The minimum atomic E-state index is -0.411. The molecule has 0 aromatic heterocycles. The molecule has 4 atom stereocenters. The van der Waals surface area contributed by atoms with Gasteiger partial charge in [-0.15, -0.1) is 0 Å². The van der Waals surface area contributed by atoms with Crippen LogP contribution in [-0.4, -0.2) is 22.8 Å². The zero-order chi connectivity index (χ0) is 8.77. The van der Waals surface area contributed by atoms with Crippen molar-refractivity contribution in [1.82, 2.24) is 5.32 Å². The Morgan fingerprint density at radius 2 is 2.25 bits per heavy atom. The standard InChI is InChI=1S/C10H19NO/c1-3-8-9-5-4-7(11-9)6-10(8,2)12/h7-9,11-12H,3-6H2,1-2H3. The van der Waals surface area contributed by atoms with Crippen molar-refractivity contribution in [3.05, 3.63) is 0 Å². The maximum atomic E-state index is 10.2. The first-order valence-electron chi connectivity index (χ1n) is 5.12. The molecular formula is C10H19NO. The molecule has 0 radical (unpaired) electrons. The van der Waals surface area contributed by atoms with Crippen LogP contribution in [0.25, 0.3) is 0 Å². The highest BCUT2D eigenvalue weighted by molar-refractivity contribution is 5.03. The Balaban J connectivity index is 2.17. The van der Waals surface area contributed by atoms with Crippen molar-refractivity contribution in [3.63, 3.8) is 0 Å². The summed E-state index contributed by atoms with van der Waals surface area (Å²) in [6.07, 6.45) is 4.57. The number of hydrogen-bond acceptors (Lipinski definition) is 2. The summed E-state index contributed by atoms with van der Waals surface area (Å²) < 4.78 is 0. The average Bonchev–Trinajstić information content (AvgIpc) is 2.32. The quantitative estimate of drug-likeness (QED) is 0.620. The van der Waals surface area contributed by atoms with E-state index in [1.54, 1.807) is 0 Å². The van der Waals surface area contributed by atoms with Crippen LogP contribution in [0.3, 0.4) is 0 Å². The highest BCUT2D eigenvalue weighted by Gasteiger charge is 2.46. The Bertz CT molecular complexity index is 179. The number of fused-ring (bicyclic) bond motifs is 2. The molecule has 4 unspecified atom stereocenters. The lowest BCUT2D eigenvalue weighted by Gasteiger charge is -2.42. The third-order valence-electron chi connectivity index (χ3n) is 3.66. The Morgan fingerprint density at radius 3 is 2.92 bits per heavy atom. The van der Waals surface area contributed by atoms with Gasteiger partial charge in [0.05, 0.1) is 5.60 Å². The molecule has 2 nitrogen and oxygen atoms in total. The Labute approximate surface area is 74.4 Å². The van der Waals surface area contributed by atoms with Gasteiger partial charge in [0, 0.05) is 18.0 Å². The number of piperidine rings is 1. The van der Waals surface area contributed by atoms with Crippen LogP contribution in [0.1, 0.15) is 39.5 Å². The molecule has 12 heavy (non-hydrogen) atoms. The van der Waals surface area contributed by atoms with Crippen molar-refractivity contribution in [3.8, 4) is 0 Å². The summed E-state index contributed by atoms with van der Waals surface area (Å²) in [7, 11) is 0. The summed E-state index contributed by atoms with van der Waals surface area (Å²) in [5, 5.41) is 13.8. The maximum Gasteiger partial charge on any atom is 0.0677 e. The minimum absolute atomic E-state index is 0.411. The highest BCUT2D eigenvalue weighted by atomic mass is 16.3. The Morgan fingerprint density at radius 1 is 1.50 bits per heavy atom. The van der Waals surface area contributed by atoms with Crippen molar-refractivity contribution >= 4 is 0 Å². The van der Waals surface area contributed by atoms with E-state index in [-0.39, 0.29) is 0 Å². The first kappa shape index (κ1) is 8.52. The van der Waals surface area contributed by atoms with Crippen LogP contribution < -0.4 is 5.32 Å². The first-order chi connectivity index (χ1) is 5.63. The topological polar surface area (TPSA) is 32.3 Å². The molecule has 2 fully saturated rings. The lowest BCUT2D eigenvalue weighted by molar-refractivity contribution is -0.0453. The van der Waals surface area contributed by atoms with Crippen LogP contribution in [0.4, 0.5) is 0 Å². The smallest absolute Gasteiger partial charge is 0.0677 e. The molecule has 2 rings (SSSR count). The highest BCUT2D eigenvalue weighted by Crippen LogP contribution is 2.39. The zero-order valence-corrected chi connectivity index (χ0v) is 8.01. The molecule has 2 heteroatoms. The Hall–Kier alpha value is -0.0800. The van der Waals surface area contributed by atoms with Gasteiger partial charge < -0.3 is 10.4 Å². The normalized spacial score (nSPS) is 52.8. The molecule has 0 aromatic carbocycles. The van der Waals surface area contributed by atoms with Crippen molar-refractivity contribution in [2.24, 2.45) is 5.92 Å². The molecule has 0 amide bonds. The van der Waals surface area contributed by atoms with Crippen LogP contribution in [0.2, 0.25) is 0 Å². The van der Waals surface area contributed by atoms with Crippen molar-refractivity contribution < 1.29 is 5.11 Å². The van der Waals surface area contributed by atoms with E-state index in [0.717, 1.165) is 12.8 Å². The summed E-state index contributed by atoms with van der Waals surface area (Å²) in [6.45, 7) is 4.19. The number of nitrogens with one attached hydrogen (secondary N) is 1. The molecule has 70 valence electrons. The maximum absolute atomic E-state index is 10.2. The van der Waals surface area contributed by atoms with Crippen LogP contribution in [0.15, 0.2) is 0 Å². The minimum Gasteiger partial charge on any atom is -0.390 e. The van der Waals surface area contributed by atoms with E-state index in [4.69, 9.17) is 0 Å². The molecule has 0 spiro atoms. The second-order valence-electron chi connectivity index (χ2n) is 4.62. The second kappa shape index (κ2) is 2.71. The lowest BCUT2D eigenvalue weighted by atomic mass is 9.77. The monoisotopic (exact) mass is 169 g/mol. The molecule has 0 aliphatic carbocycles. The molecule has 2 bridgehead atoms. The van der Waals surface area contributed by atoms with E-state index < -0.39 is 5.60 Å². The van der Waals surface area contributed by atoms with Gasteiger partial charge >= 0.3 is 0 Å². The summed E-state index contributed by atoms with van der Waals surface area (Å²) >= 11 is 0. The fourth-order valence-corrected chi connectivity index (χ4v) is 3.14. The van der Waals surface area contributed by atoms with E-state index >= 15 is 0 Å². The predicted octanol–water partition coefficient (Wildman–Crippen LogP) is 1.29. The van der Waals surface area contributed by atoms with Crippen molar-refractivity contribution in [1.29, 1.82) is 0 Å². The third kappa shape index (κ3) is 1.17. The van der Waals surface area contributed by atoms with E-state index in [1.165, 1.54) is 12.8 Å². The van der Waals surface area contributed by atoms with Gasteiger partial charge in [0.15, 0.2) is 0 Å². The summed E-state index contributed by atoms with van der Waals surface area (Å²) in [5.74, 6) is 0.469. The molecule has 2 heterocycles. The van der Waals surface area contributed by atoms with Crippen LogP contribution in [0.5, 0.6) is 0 Å². The third-order valence-corrected chi connectivity index (χ3v) is 3.66. The van der Waals surface area contributed by atoms with Gasteiger partial charge in [-0.2, -0.15) is 0 Å². The van der Waals surface area contributed by atoms with Gasteiger partial charge in [-0.3, -0.25) is 0 Å². The van der Waals surface area contributed by atoms with Gasteiger partial charge in [0.2, 0.25) is 0 Å². The van der Waals surface area contributed by atoms with Gasteiger partial charge in [0.25, 0.3) is 0 Å². The van der Waals surface area contributed by atoms with E-state index in [9.17, 15) is 5.11 Å². The average molecular weight is 169 g/mol. The van der Waals surface area contributed by atoms with Crippen molar-refractivity contribution in [2.45, 2.75) is 57.2 Å². The molecule has 2 saturated heterocycles. The molecule has 2 aliphatic rings. The number of hydrogen-bond donors (Lipinski definition) is 2. The summed E-state index contributed by atoms with van der Waals surface area (Å²) in [4.78, 5) is 0. The lowest BCUT2D eigenvalue weighted by Crippen LogP contribution is -2.54. The van der Waals surface area contributed by atoms with Crippen LogP contribution in [0, 0.1) is 5.92 Å². The SMILES string of the molecule is CCC1C2CCC(CC1(C)O)N2. The van der Waals surface area contributed by atoms with E-state index in [0.29, 0.717) is 18.0 Å². The van der Waals surface area contributed by atoms with E-state index in [1.807, 2.05) is 6.92 Å². The summed E-state index contributed by atoms with van der Waals surface area (Å²) in [6, 6.07) is 1.18. The first-order valence-corrected chi connectivity index (χ1v) is 5.12. The van der Waals surface area contributed by atoms with Crippen LogP contribution >= 0.6 is 0 Å². The zero-order valence-electron chi connectivity index (χ0n) is 8.01. The largest absolute Gasteiger partial charge is 0.390 e. The molecule has 2 N–H and O–H groups in total. The van der Waals surface area contributed by atoms with Crippen LogP contribution in [-0.2, 0) is 0 Å². The van der Waals surface area contributed by atoms with Gasteiger partial charge in [0.1, 0.15) is 0 Å². The number of rotatable bonds is 1.